The Kier molecular flexibility index (Phi) is 5.74. The lowest BCUT2D eigenvalue weighted by Crippen LogP contribution is -2.58. The molecule has 1 aromatic rings. The van der Waals surface area contributed by atoms with Crippen molar-refractivity contribution in [3.63, 3.8) is 0 Å². The van der Waals surface area contributed by atoms with Gasteiger partial charge in [0.15, 0.2) is 9.84 Å². The van der Waals surface area contributed by atoms with Crippen LogP contribution in [-0.2, 0) is 19.9 Å². The highest BCUT2D eigenvalue weighted by atomic mass is 32.2. The number of rotatable bonds is 5. The molecule has 29 heavy (non-hydrogen) atoms. The highest BCUT2D eigenvalue weighted by Gasteiger charge is 2.43. The number of sulfonamides is 1. The van der Waals surface area contributed by atoms with Gasteiger partial charge in [-0.3, -0.25) is 4.79 Å². The zero-order valence-corrected chi connectivity index (χ0v) is 18.1. The molecule has 3 aliphatic rings. The first-order chi connectivity index (χ1) is 13.8. The minimum absolute atomic E-state index is 0.192. The van der Waals surface area contributed by atoms with E-state index in [-0.39, 0.29) is 29.1 Å². The molecule has 1 aliphatic carbocycles. The molecule has 2 aliphatic heterocycles. The molecule has 0 N–H and O–H groups in total. The van der Waals surface area contributed by atoms with Crippen molar-refractivity contribution >= 4 is 25.8 Å². The first kappa shape index (κ1) is 20.8. The predicted molar refractivity (Wildman–Crippen MR) is 110 cm³/mol. The number of sulfone groups is 1. The van der Waals surface area contributed by atoms with E-state index in [0.29, 0.717) is 18.7 Å². The molecule has 0 spiro atoms. The fourth-order valence-electron chi connectivity index (χ4n) is 4.51. The molecule has 1 amide bonds. The third kappa shape index (κ3) is 3.96. The van der Waals surface area contributed by atoms with Crippen LogP contribution < -0.4 is 0 Å². The molecule has 1 aromatic carbocycles. The fraction of sp³-hybridized carbons (Fsp3) is 0.650. The summed E-state index contributed by atoms with van der Waals surface area (Å²) in [6, 6.07) is 5.98. The van der Waals surface area contributed by atoms with Gasteiger partial charge in [-0.1, -0.05) is 19.3 Å². The Bertz CT molecular complexity index is 955. The molecular formula is C20H28N2O5S2. The number of amides is 1. The van der Waals surface area contributed by atoms with Gasteiger partial charge in [0.05, 0.1) is 15.4 Å². The van der Waals surface area contributed by atoms with E-state index in [1.54, 1.807) is 0 Å². The molecule has 9 heteroatoms. The van der Waals surface area contributed by atoms with Crippen molar-refractivity contribution in [2.24, 2.45) is 0 Å². The van der Waals surface area contributed by atoms with E-state index in [0.717, 1.165) is 44.9 Å². The second kappa shape index (κ2) is 8.00. The topological polar surface area (TPSA) is 91.8 Å². The Morgan fingerprint density at radius 3 is 1.97 bits per heavy atom. The Balaban J connectivity index is 1.38. The molecular weight excluding hydrogens is 412 g/mol. The largest absolute Gasteiger partial charge is 0.336 e. The van der Waals surface area contributed by atoms with Crippen LogP contribution >= 0.6 is 0 Å². The number of hydrogen-bond acceptors (Lipinski definition) is 5. The first-order valence-corrected chi connectivity index (χ1v) is 13.5. The van der Waals surface area contributed by atoms with Crippen LogP contribution in [-0.4, -0.2) is 68.6 Å². The summed E-state index contributed by atoms with van der Waals surface area (Å²) in [5.41, 5.74) is 0.388. The fourth-order valence-corrected chi connectivity index (χ4v) is 8.33. The molecule has 2 saturated heterocycles. The van der Waals surface area contributed by atoms with Crippen LogP contribution in [0.1, 0.15) is 55.3 Å². The van der Waals surface area contributed by atoms with Crippen LogP contribution in [0.3, 0.4) is 0 Å². The minimum atomic E-state index is -3.50. The lowest BCUT2D eigenvalue weighted by molar-refractivity contribution is 0.0658. The van der Waals surface area contributed by atoms with Crippen LogP contribution in [0.4, 0.5) is 0 Å². The number of nitrogens with zero attached hydrogens (tertiary/aromatic N) is 2. The lowest BCUT2D eigenvalue weighted by Gasteiger charge is -2.40. The van der Waals surface area contributed by atoms with E-state index >= 15 is 0 Å². The second-order valence-electron chi connectivity index (χ2n) is 8.32. The lowest BCUT2D eigenvalue weighted by atomic mass is 10.0. The monoisotopic (exact) mass is 440 g/mol. The van der Waals surface area contributed by atoms with Crippen molar-refractivity contribution in [2.75, 3.05) is 26.2 Å². The van der Waals surface area contributed by atoms with Crippen molar-refractivity contribution in [3.8, 4) is 0 Å². The highest BCUT2D eigenvalue weighted by Crippen LogP contribution is 2.30. The van der Waals surface area contributed by atoms with Gasteiger partial charge in [-0.05, 0) is 49.9 Å². The number of carbonyl (C=O) groups excluding carboxylic acids is 1. The number of likely N-dealkylation sites (tertiary alicyclic amines) is 1. The summed E-state index contributed by atoms with van der Waals surface area (Å²) < 4.78 is 52.1. The molecule has 0 aromatic heterocycles. The van der Waals surface area contributed by atoms with Crippen LogP contribution in [0.25, 0.3) is 0 Å². The van der Waals surface area contributed by atoms with Crippen LogP contribution in [0.5, 0.6) is 0 Å². The molecule has 0 unspecified atom stereocenters. The normalized spacial score (nSPS) is 22.6. The smallest absolute Gasteiger partial charge is 0.253 e. The van der Waals surface area contributed by atoms with Crippen molar-refractivity contribution in [3.05, 3.63) is 29.8 Å². The second-order valence-corrected chi connectivity index (χ2v) is 12.8. The summed E-state index contributed by atoms with van der Waals surface area (Å²) in [5, 5.41) is -0.724. The summed E-state index contributed by atoms with van der Waals surface area (Å²) in [7, 11) is -6.69. The quantitative estimate of drug-likeness (QED) is 0.699. The van der Waals surface area contributed by atoms with E-state index in [2.05, 4.69) is 0 Å². The minimum Gasteiger partial charge on any atom is -0.336 e. The van der Waals surface area contributed by atoms with Crippen molar-refractivity contribution < 1.29 is 21.6 Å². The van der Waals surface area contributed by atoms with Gasteiger partial charge in [0.2, 0.25) is 10.0 Å². The van der Waals surface area contributed by atoms with Gasteiger partial charge in [0, 0.05) is 31.7 Å². The van der Waals surface area contributed by atoms with Gasteiger partial charge in [0.1, 0.15) is 0 Å². The van der Waals surface area contributed by atoms with Gasteiger partial charge in [-0.2, -0.15) is 4.31 Å². The van der Waals surface area contributed by atoms with E-state index in [4.69, 9.17) is 0 Å². The Morgan fingerprint density at radius 2 is 1.38 bits per heavy atom. The number of benzene rings is 1. The molecule has 2 heterocycles. The van der Waals surface area contributed by atoms with Gasteiger partial charge in [-0.15, -0.1) is 0 Å². The average molecular weight is 441 g/mol. The molecule has 1 saturated carbocycles. The summed E-state index contributed by atoms with van der Waals surface area (Å²) in [4.78, 5) is 14.4. The average Bonchev–Trinajstić information content (AvgIpc) is 3.23. The summed E-state index contributed by atoms with van der Waals surface area (Å²) in [6.45, 7) is 1.53. The molecule has 160 valence electrons. The summed E-state index contributed by atoms with van der Waals surface area (Å²) in [6.07, 6.45) is 6.24. The van der Waals surface area contributed by atoms with E-state index < -0.39 is 25.1 Å². The van der Waals surface area contributed by atoms with E-state index in [1.165, 1.54) is 33.5 Å². The van der Waals surface area contributed by atoms with Crippen LogP contribution in [0.2, 0.25) is 0 Å². The van der Waals surface area contributed by atoms with Crippen molar-refractivity contribution in [1.29, 1.82) is 0 Å². The highest BCUT2D eigenvalue weighted by molar-refractivity contribution is 7.92. The number of hydrogen-bond donors (Lipinski definition) is 0. The van der Waals surface area contributed by atoms with Crippen LogP contribution in [0, 0.1) is 0 Å². The summed E-state index contributed by atoms with van der Waals surface area (Å²) in [5.74, 6) is -0.245. The van der Waals surface area contributed by atoms with E-state index in [1.807, 2.05) is 0 Å². The Morgan fingerprint density at radius 1 is 0.793 bits per heavy atom. The first-order valence-electron chi connectivity index (χ1n) is 10.4. The van der Waals surface area contributed by atoms with E-state index in [9.17, 15) is 21.6 Å². The molecule has 3 fully saturated rings. The standard InChI is InChI=1S/C20H28N2O5S2/c23-20(21-14-19(15-21)28(24,25)17-6-2-1-3-7-17)16-8-10-18(11-9-16)29(26,27)22-12-4-5-13-22/h8-11,17,19H,1-7,12-15H2. The van der Waals surface area contributed by atoms with Crippen molar-refractivity contribution in [1.82, 2.24) is 9.21 Å². The van der Waals surface area contributed by atoms with Crippen molar-refractivity contribution in [2.45, 2.75) is 60.3 Å². The molecule has 4 rings (SSSR count). The SMILES string of the molecule is O=C(c1ccc(S(=O)(=O)N2CCCC2)cc1)N1CC(S(=O)(=O)C2CCCCC2)C1. The molecule has 7 nitrogen and oxygen atoms in total. The summed E-state index contributed by atoms with van der Waals surface area (Å²) >= 11 is 0. The number of carbonyl (C=O) groups is 1. The molecule has 0 bridgehead atoms. The third-order valence-corrected chi connectivity index (χ3v) is 11.0. The van der Waals surface area contributed by atoms with Gasteiger partial charge >= 0.3 is 0 Å². The van der Waals surface area contributed by atoms with Gasteiger partial charge < -0.3 is 4.90 Å². The zero-order valence-electron chi connectivity index (χ0n) is 16.5. The molecule has 0 radical (unpaired) electrons. The third-order valence-electron chi connectivity index (χ3n) is 6.42. The molecule has 0 atom stereocenters. The van der Waals surface area contributed by atoms with Crippen LogP contribution in [0.15, 0.2) is 29.2 Å². The maximum absolute atomic E-state index is 12.7. The zero-order chi connectivity index (χ0) is 20.6. The maximum atomic E-state index is 12.7. The predicted octanol–water partition coefficient (Wildman–Crippen LogP) is 2.04. The Labute approximate surface area is 173 Å². The Hall–Kier alpha value is -1.45. The maximum Gasteiger partial charge on any atom is 0.253 e. The van der Waals surface area contributed by atoms with Gasteiger partial charge in [0.25, 0.3) is 5.91 Å². The van der Waals surface area contributed by atoms with Gasteiger partial charge in [-0.25, -0.2) is 16.8 Å².